The molecule has 0 atom stereocenters. The van der Waals surface area contributed by atoms with Gasteiger partial charge < -0.3 is 9.47 Å². The number of alkyl halides is 3. The summed E-state index contributed by atoms with van der Waals surface area (Å²) in [5.41, 5.74) is 1.92. The highest BCUT2D eigenvalue weighted by molar-refractivity contribution is 7.89. The molecule has 1 aliphatic heterocycles. The molecule has 0 saturated carbocycles. The third-order valence-corrected chi connectivity index (χ3v) is 6.77. The Morgan fingerprint density at radius 3 is 2.19 bits per heavy atom. The van der Waals surface area contributed by atoms with Crippen LogP contribution in [0, 0.1) is 19.8 Å². The van der Waals surface area contributed by atoms with Crippen molar-refractivity contribution in [3.8, 4) is 11.5 Å². The van der Waals surface area contributed by atoms with Gasteiger partial charge in [0.2, 0.25) is 10.0 Å². The van der Waals surface area contributed by atoms with Crippen LogP contribution in [0.4, 0.5) is 13.2 Å². The lowest BCUT2D eigenvalue weighted by molar-refractivity contribution is -0.274. The van der Waals surface area contributed by atoms with Gasteiger partial charge in [0.15, 0.2) is 0 Å². The number of nitrogens with zero attached hydrogens (tertiary/aromatic N) is 1. The molecule has 10 heteroatoms. The zero-order valence-electron chi connectivity index (χ0n) is 17.0. The predicted octanol–water partition coefficient (Wildman–Crippen LogP) is 4.21. The van der Waals surface area contributed by atoms with Gasteiger partial charge in [0.05, 0.1) is 10.8 Å². The molecule has 2 aromatic rings. The lowest BCUT2D eigenvalue weighted by atomic mass is 9.98. The third kappa shape index (κ3) is 5.98. The van der Waals surface area contributed by atoms with Crippen LogP contribution >= 0.6 is 0 Å². The first-order valence-electron chi connectivity index (χ1n) is 9.60. The second kappa shape index (κ2) is 8.88. The van der Waals surface area contributed by atoms with E-state index in [2.05, 4.69) is 4.74 Å². The average Bonchev–Trinajstić information content (AvgIpc) is 2.66. The largest absolute Gasteiger partial charge is 0.573 e. The van der Waals surface area contributed by atoms with Crippen LogP contribution in [0.1, 0.15) is 24.0 Å². The Hall–Kier alpha value is -2.59. The molecule has 0 amide bonds. The Balaban J connectivity index is 1.64. The van der Waals surface area contributed by atoms with Crippen LogP contribution in [0.3, 0.4) is 0 Å². The fraction of sp³-hybridized carbons (Fsp3) is 0.381. The number of piperidine rings is 1. The Labute approximate surface area is 178 Å². The minimum absolute atomic E-state index is 0.0549. The Kier molecular flexibility index (Phi) is 6.61. The summed E-state index contributed by atoms with van der Waals surface area (Å²) in [6.45, 7) is 3.89. The number of hydrogen-bond donors (Lipinski definition) is 0. The Morgan fingerprint density at radius 1 is 1.00 bits per heavy atom. The maximum Gasteiger partial charge on any atom is 0.573 e. The SMILES string of the molecule is Cc1cc(C)cc(OC(=O)C2CCN(S(=O)(=O)c3cccc(OC(F)(F)F)c3)CC2)c1. The lowest BCUT2D eigenvalue weighted by Crippen LogP contribution is -2.41. The lowest BCUT2D eigenvalue weighted by Gasteiger charge is -2.30. The first-order chi connectivity index (χ1) is 14.4. The van der Waals surface area contributed by atoms with Gasteiger partial charge in [-0.3, -0.25) is 4.79 Å². The summed E-state index contributed by atoms with van der Waals surface area (Å²) in [6, 6.07) is 9.71. The molecular formula is C21H22F3NO5S. The number of benzene rings is 2. The molecule has 168 valence electrons. The highest BCUT2D eigenvalue weighted by Crippen LogP contribution is 2.29. The van der Waals surface area contributed by atoms with Crippen LogP contribution < -0.4 is 9.47 Å². The number of rotatable bonds is 5. The van der Waals surface area contributed by atoms with Gasteiger partial charge in [-0.1, -0.05) is 12.1 Å². The number of carbonyl (C=O) groups excluding carboxylic acids is 1. The van der Waals surface area contributed by atoms with E-state index in [9.17, 15) is 26.4 Å². The van der Waals surface area contributed by atoms with E-state index in [1.807, 2.05) is 19.9 Å². The molecule has 6 nitrogen and oxygen atoms in total. The van der Waals surface area contributed by atoms with Crippen molar-refractivity contribution in [2.24, 2.45) is 5.92 Å². The van der Waals surface area contributed by atoms with Crippen molar-refractivity contribution in [1.29, 1.82) is 0 Å². The van der Waals surface area contributed by atoms with E-state index in [-0.39, 0.29) is 30.8 Å². The van der Waals surface area contributed by atoms with E-state index < -0.39 is 34.0 Å². The number of carbonyl (C=O) groups is 1. The van der Waals surface area contributed by atoms with Gasteiger partial charge in [-0.2, -0.15) is 4.31 Å². The van der Waals surface area contributed by atoms with Crippen LogP contribution in [0.5, 0.6) is 11.5 Å². The van der Waals surface area contributed by atoms with E-state index in [0.29, 0.717) is 5.75 Å². The predicted molar refractivity (Wildman–Crippen MR) is 106 cm³/mol. The van der Waals surface area contributed by atoms with Gasteiger partial charge in [-0.05, 0) is 62.1 Å². The summed E-state index contributed by atoms with van der Waals surface area (Å²) in [5, 5.41) is 0. The van der Waals surface area contributed by atoms with Crippen LogP contribution in [0.2, 0.25) is 0 Å². The van der Waals surface area contributed by atoms with Crippen LogP contribution in [-0.4, -0.2) is 38.1 Å². The van der Waals surface area contributed by atoms with Crippen molar-refractivity contribution in [1.82, 2.24) is 4.31 Å². The Bertz CT molecular complexity index is 1040. The summed E-state index contributed by atoms with van der Waals surface area (Å²) >= 11 is 0. The zero-order valence-corrected chi connectivity index (χ0v) is 17.8. The monoisotopic (exact) mass is 457 g/mol. The van der Waals surface area contributed by atoms with Gasteiger partial charge in [0.1, 0.15) is 11.5 Å². The Morgan fingerprint density at radius 2 is 1.61 bits per heavy atom. The quantitative estimate of drug-likeness (QED) is 0.497. The molecular weight excluding hydrogens is 435 g/mol. The maximum absolute atomic E-state index is 12.8. The van der Waals surface area contributed by atoms with Crippen molar-refractivity contribution in [3.05, 3.63) is 53.6 Å². The molecule has 0 N–H and O–H groups in total. The maximum atomic E-state index is 12.8. The molecule has 1 saturated heterocycles. The van der Waals surface area contributed by atoms with Gasteiger partial charge in [0, 0.05) is 19.2 Å². The zero-order chi connectivity index (χ0) is 22.8. The van der Waals surface area contributed by atoms with E-state index in [0.717, 1.165) is 27.6 Å². The second-order valence-corrected chi connectivity index (χ2v) is 9.38. The molecule has 0 aromatic heterocycles. The number of hydrogen-bond acceptors (Lipinski definition) is 5. The molecule has 0 aliphatic carbocycles. The molecule has 31 heavy (non-hydrogen) atoms. The smallest absolute Gasteiger partial charge is 0.426 e. The molecule has 1 fully saturated rings. The molecule has 3 rings (SSSR count). The average molecular weight is 457 g/mol. The number of ether oxygens (including phenoxy) is 2. The minimum atomic E-state index is -4.92. The van der Waals surface area contributed by atoms with Gasteiger partial charge in [0.25, 0.3) is 0 Å². The summed E-state index contributed by atoms with van der Waals surface area (Å²) in [4.78, 5) is 12.2. The first-order valence-corrected chi connectivity index (χ1v) is 11.0. The molecule has 0 radical (unpaired) electrons. The third-order valence-electron chi connectivity index (χ3n) is 4.88. The molecule has 1 aliphatic rings. The van der Waals surface area contributed by atoms with Gasteiger partial charge in [-0.25, -0.2) is 8.42 Å². The van der Waals surface area contributed by atoms with Crippen molar-refractivity contribution in [2.75, 3.05) is 13.1 Å². The van der Waals surface area contributed by atoms with Crippen molar-refractivity contribution in [3.63, 3.8) is 0 Å². The fourth-order valence-electron chi connectivity index (χ4n) is 3.50. The van der Waals surface area contributed by atoms with Crippen LogP contribution in [0.15, 0.2) is 47.4 Å². The normalized spacial score (nSPS) is 16.2. The van der Waals surface area contributed by atoms with E-state index >= 15 is 0 Å². The van der Waals surface area contributed by atoms with E-state index in [4.69, 9.17) is 4.74 Å². The van der Waals surface area contributed by atoms with Gasteiger partial charge in [-0.15, -0.1) is 13.2 Å². The standard InChI is InChI=1S/C21H22F3NO5S/c1-14-10-15(2)12-18(11-14)29-20(26)16-6-8-25(9-7-16)31(27,28)19-5-3-4-17(13-19)30-21(22,23)24/h3-5,10-13,16H,6-9H2,1-2H3. The fourth-order valence-corrected chi connectivity index (χ4v) is 5.01. The van der Waals surface area contributed by atoms with Crippen molar-refractivity contribution in [2.45, 2.75) is 37.9 Å². The number of halogens is 3. The first kappa shape index (κ1) is 23.1. The minimum Gasteiger partial charge on any atom is -0.426 e. The van der Waals surface area contributed by atoms with Crippen LogP contribution in [-0.2, 0) is 14.8 Å². The summed E-state index contributed by atoms with van der Waals surface area (Å²) < 4.78 is 73.3. The summed E-state index contributed by atoms with van der Waals surface area (Å²) in [6.07, 6.45) is -4.42. The number of aryl methyl sites for hydroxylation is 2. The topological polar surface area (TPSA) is 72.9 Å². The molecule has 0 spiro atoms. The molecule has 0 unspecified atom stereocenters. The summed E-state index contributed by atoms with van der Waals surface area (Å²) in [5.74, 6) is -1.06. The summed E-state index contributed by atoms with van der Waals surface area (Å²) in [7, 11) is -4.03. The van der Waals surface area contributed by atoms with Gasteiger partial charge >= 0.3 is 12.3 Å². The van der Waals surface area contributed by atoms with E-state index in [1.54, 1.807) is 12.1 Å². The second-order valence-electron chi connectivity index (χ2n) is 7.45. The highest BCUT2D eigenvalue weighted by atomic mass is 32.2. The molecule has 2 aromatic carbocycles. The van der Waals surface area contributed by atoms with Crippen molar-refractivity contribution < 1.29 is 35.9 Å². The number of esters is 1. The van der Waals surface area contributed by atoms with Crippen LogP contribution in [0.25, 0.3) is 0 Å². The number of sulfonamides is 1. The highest BCUT2D eigenvalue weighted by Gasteiger charge is 2.34. The molecule has 0 bridgehead atoms. The van der Waals surface area contributed by atoms with Crippen molar-refractivity contribution >= 4 is 16.0 Å². The van der Waals surface area contributed by atoms with E-state index in [1.165, 1.54) is 12.1 Å². The molecule has 1 heterocycles.